The van der Waals surface area contributed by atoms with Crippen LogP contribution >= 0.6 is 0 Å². The minimum absolute atomic E-state index is 0.0563. The molecule has 0 saturated carbocycles. The van der Waals surface area contributed by atoms with Gasteiger partial charge in [-0.3, -0.25) is 14.9 Å². The Kier molecular flexibility index (Phi) is 12.9. The molecule has 0 radical (unpaired) electrons. The van der Waals surface area contributed by atoms with Crippen molar-refractivity contribution in [3.8, 4) is 22.6 Å². The van der Waals surface area contributed by atoms with Crippen molar-refractivity contribution >= 4 is 28.5 Å². The summed E-state index contributed by atoms with van der Waals surface area (Å²) in [5.41, 5.74) is 4.13. The molecule has 12 nitrogen and oxygen atoms in total. The number of phenolic OH excluding ortho intramolecular Hbond substituents is 1. The zero-order valence-corrected chi connectivity index (χ0v) is 29.4. The third-order valence-corrected chi connectivity index (χ3v) is 9.21. The van der Waals surface area contributed by atoms with Crippen molar-refractivity contribution in [1.29, 1.82) is 0 Å². The molecule has 1 atom stereocenters. The summed E-state index contributed by atoms with van der Waals surface area (Å²) in [4.78, 5) is 41.8. The number of ketones is 1. The lowest BCUT2D eigenvalue weighted by molar-refractivity contribution is -0.120. The molecule has 2 heterocycles. The van der Waals surface area contributed by atoms with Gasteiger partial charge in [0.1, 0.15) is 24.2 Å². The molecule has 5 aromatic rings. The van der Waals surface area contributed by atoms with Crippen LogP contribution in [0.15, 0.2) is 108 Å². The van der Waals surface area contributed by atoms with Gasteiger partial charge in [0, 0.05) is 56.3 Å². The predicted molar refractivity (Wildman–Crippen MR) is 204 cm³/mol. The van der Waals surface area contributed by atoms with E-state index < -0.39 is 12.2 Å². The zero-order valence-electron chi connectivity index (χ0n) is 29.4. The molecular formula is C41H45N5O7. The van der Waals surface area contributed by atoms with E-state index >= 15 is 0 Å². The Morgan fingerprint density at radius 3 is 2.53 bits per heavy atom. The summed E-state index contributed by atoms with van der Waals surface area (Å²) in [6.07, 6.45) is 0.0164. The number of hydrogen-bond donors (Lipinski definition) is 6. The number of aliphatic hydroxyl groups is 1. The molecule has 1 fully saturated rings. The quantitative estimate of drug-likeness (QED) is 0.0767. The highest BCUT2D eigenvalue weighted by Crippen LogP contribution is 2.29. The molecule has 1 amide bonds. The zero-order chi connectivity index (χ0) is 37.0. The van der Waals surface area contributed by atoms with Crippen LogP contribution in [0.4, 0.5) is 10.5 Å². The fourth-order valence-electron chi connectivity index (χ4n) is 6.44. The monoisotopic (exact) mass is 719 g/mol. The van der Waals surface area contributed by atoms with Crippen LogP contribution in [0.2, 0.25) is 0 Å². The Labute approximate surface area is 307 Å². The molecule has 1 aliphatic rings. The molecular weight excluding hydrogens is 674 g/mol. The average molecular weight is 720 g/mol. The number of aliphatic hydroxyl groups excluding tert-OH is 1. The number of benzene rings is 4. The summed E-state index contributed by atoms with van der Waals surface area (Å²) in [7, 11) is 0. The number of para-hydroxylation sites is 1. The second-order valence-corrected chi connectivity index (χ2v) is 13.1. The van der Waals surface area contributed by atoms with E-state index in [1.54, 1.807) is 18.2 Å². The van der Waals surface area contributed by atoms with Gasteiger partial charge in [-0.2, -0.15) is 0 Å². The SMILES string of the molecule is O=C(CNCCN1CCC(OC(=O)Nc2ccccc2-c2ccccc2)CC1)COc1cccc(CNCC(O)c2ccc(O)c3[nH]c(=O)ccc23)c1. The predicted octanol–water partition coefficient (Wildman–Crippen LogP) is 4.97. The van der Waals surface area contributed by atoms with Gasteiger partial charge >= 0.3 is 6.09 Å². The number of ether oxygens (including phenoxy) is 2. The van der Waals surface area contributed by atoms with E-state index in [2.05, 4.69) is 25.8 Å². The Morgan fingerprint density at radius 1 is 0.906 bits per heavy atom. The molecule has 4 aromatic carbocycles. The standard InChI is InChI=1S/C41H45N5O7/c47-30(27-52-32-10-6-7-28(23-32)24-43-26-38(49)34-13-15-37(48)40-35(34)14-16-39(50)45-40)25-42-19-22-46-20-17-31(18-21-46)53-41(51)44-36-12-5-4-11-33(36)29-8-2-1-3-9-29/h1-16,23,31,38,42-43,48-49H,17-22,24-27H2,(H,44,51)(H,45,50). The molecule has 53 heavy (non-hydrogen) atoms. The molecule has 1 aromatic heterocycles. The molecule has 0 spiro atoms. The molecule has 1 unspecified atom stereocenters. The van der Waals surface area contributed by atoms with Crippen LogP contribution < -0.4 is 26.2 Å². The van der Waals surface area contributed by atoms with Crippen LogP contribution in [0.1, 0.15) is 30.1 Å². The lowest BCUT2D eigenvalue weighted by atomic mass is 10.0. The van der Waals surface area contributed by atoms with Gasteiger partial charge in [-0.15, -0.1) is 0 Å². The van der Waals surface area contributed by atoms with Crippen LogP contribution in [0.5, 0.6) is 11.5 Å². The summed E-state index contributed by atoms with van der Waals surface area (Å²) >= 11 is 0. The van der Waals surface area contributed by atoms with Gasteiger partial charge in [0.15, 0.2) is 5.78 Å². The van der Waals surface area contributed by atoms with Crippen molar-refractivity contribution in [2.45, 2.75) is 31.6 Å². The van der Waals surface area contributed by atoms with Gasteiger partial charge in [0.05, 0.1) is 23.9 Å². The van der Waals surface area contributed by atoms with E-state index in [4.69, 9.17) is 9.47 Å². The Morgan fingerprint density at radius 2 is 1.70 bits per heavy atom. The minimum atomic E-state index is -0.873. The molecule has 6 rings (SSSR count). The number of pyridine rings is 1. The number of piperidine rings is 1. The number of nitrogens with one attached hydrogen (secondary N) is 4. The number of carbonyl (C=O) groups excluding carboxylic acids is 2. The summed E-state index contributed by atoms with van der Waals surface area (Å²) < 4.78 is 11.5. The van der Waals surface area contributed by atoms with Crippen molar-refractivity contribution in [3.63, 3.8) is 0 Å². The smallest absolute Gasteiger partial charge is 0.411 e. The number of fused-ring (bicyclic) bond motifs is 1. The first kappa shape index (κ1) is 37.2. The first-order chi connectivity index (χ1) is 25.8. The number of aromatic nitrogens is 1. The van der Waals surface area contributed by atoms with Gasteiger partial charge in [-0.1, -0.05) is 66.7 Å². The fraction of sp³-hybridized carbons (Fsp3) is 0.293. The first-order valence-electron chi connectivity index (χ1n) is 17.8. The number of aromatic amines is 1. The van der Waals surface area contributed by atoms with E-state index in [0.717, 1.165) is 49.2 Å². The molecule has 6 N–H and O–H groups in total. The maximum absolute atomic E-state index is 12.7. The van der Waals surface area contributed by atoms with Gasteiger partial charge in [-0.25, -0.2) is 4.79 Å². The molecule has 1 saturated heterocycles. The van der Waals surface area contributed by atoms with Crippen molar-refractivity contribution in [1.82, 2.24) is 20.5 Å². The summed E-state index contributed by atoms with van der Waals surface area (Å²) in [5.74, 6) is 0.453. The van der Waals surface area contributed by atoms with Gasteiger partial charge in [0.25, 0.3) is 0 Å². The lowest BCUT2D eigenvalue weighted by Crippen LogP contribution is -2.42. The van der Waals surface area contributed by atoms with Crippen LogP contribution in [-0.2, 0) is 16.1 Å². The number of likely N-dealkylation sites (tertiary alicyclic amines) is 1. The number of aromatic hydroxyl groups is 1. The number of carbonyl (C=O) groups is 2. The second-order valence-electron chi connectivity index (χ2n) is 13.1. The highest BCUT2D eigenvalue weighted by atomic mass is 16.6. The van der Waals surface area contributed by atoms with Gasteiger partial charge < -0.3 is 40.2 Å². The third kappa shape index (κ3) is 10.5. The van der Waals surface area contributed by atoms with E-state index in [1.165, 1.54) is 12.1 Å². The maximum Gasteiger partial charge on any atom is 0.411 e. The number of hydrogen-bond acceptors (Lipinski definition) is 10. The van der Waals surface area contributed by atoms with Crippen molar-refractivity contribution in [3.05, 3.63) is 125 Å². The summed E-state index contributed by atoms with van der Waals surface area (Å²) in [6.45, 7) is 3.87. The minimum Gasteiger partial charge on any atom is -0.506 e. The number of phenols is 1. The number of H-pyrrole nitrogens is 1. The van der Waals surface area contributed by atoms with E-state index in [1.807, 2.05) is 72.8 Å². The first-order valence-corrected chi connectivity index (χ1v) is 17.8. The van der Waals surface area contributed by atoms with Crippen LogP contribution in [0.25, 0.3) is 22.0 Å². The second kappa shape index (κ2) is 18.3. The van der Waals surface area contributed by atoms with Crippen LogP contribution in [0, 0.1) is 0 Å². The molecule has 0 bridgehead atoms. The van der Waals surface area contributed by atoms with Crippen molar-refractivity contribution < 1.29 is 29.3 Å². The maximum atomic E-state index is 12.7. The Balaban J connectivity index is 0.845. The Hall–Kier alpha value is -5.53. The highest BCUT2D eigenvalue weighted by Gasteiger charge is 2.23. The van der Waals surface area contributed by atoms with Crippen LogP contribution in [-0.4, -0.2) is 84.0 Å². The number of Topliss-reactive ketones (excluding diaryl/α,β-unsaturated/α-hetero) is 1. The third-order valence-electron chi connectivity index (χ3n) is 9.21. The fourth-order valence-corrected chi connectivity index (χ4v) is 6.44. The highest BCUT2D eigenvalue weighted by molar-refractivity contribution is 5.91. The summed E-state index contributed by atoms with van der Waals surface area (Å²) in [6, 6.07) is 31.0. The van der Waals surface area contributed by atoms with Crippen LogP contribution in [0.3, 0.4) is 0 Å². The average Bonchev–Trinajstić information content (AvgIpc) is 3.17. The number of rotatable bonds is 16. The lowest BCUT2D eigenvalue weighted by Gasteiger charge is -2.31. The molecule has 0 aliphatic carbocycles. The number of amides is 1. The van der Waals surface area contributed by atoms with E-state index in [-0.39, 0.29) is 48.4 Å². The molecule has 12 heteroatoms. The van der Waals surface area contributed by atoms with Crippen molar-refractivity contribution in [2.75, 3.05) is 51.2 Å². The normalized spacial score (nSPS) is 14.1. The molecule has 1 aliphatic heterocycles. The molecule has 276 valence electrons. The largest absolute Gasteiger partial charge is 0.506 e. The van der Waals surface area contributed by atoms with E-state index in [9.17, 15) is 24.6 Å². The number of nitrogens with zero attached hydrogens (tertiary/aromatic N) is 1. The van der Waals surface area contributed by atoms with Crippen molar-refractivity contribution in [2.24, 2.45) is 0 Å². The number of anilines is 1. The Bertz CT molecular complexity index is 2050. The summed E-state index contributed by atoms with van der Waals surface area (Å²) in [5, 5.41) is 30.8. The van der Waals surface area contributed by atoms with Gasteiger partial charge in [0.2, 0.25) is 5.56 Å². The van der Waals surface area contributed by atoms with E-state index in [0.29, 0.717) is 35.5 Å². The topological polar surface area (TPSA) is 165 Å². The van der Waals surface area contributed by atoms with Gasteiger partial charge in [-0.05, 0) is 59.9 Å².